The number of rotatable bonds is 9. The van der Waals surface area contributed by atoms with Gasteiger partial charge < -0.3 is 0 Å². The van der Waals surface area contributed by atoms with Crippen molar-refractivity contribution in [3.05, 3.63) is 198 Å². The molecule has 2 heterocycles. The van der Waals surface area contributed by atoms with E-state index >= 15 is 0 Å². The number of fused-ring (bicyclic) bond motifs is 2. The maximum Gasteiger partial charge on any atom is 0.289 e. The van der Waals surface area contributed by atoms with Crippen molar-refractivity contribution in [1.82, 2.24) is 9.13 Å². The van der Waals surface area contributed by atoms with Gasteiger partial charge in [-0.25, -0.2) is 18.3 Å². The fourth-order valence-electron chi connectivity index (χ4n) is 15.9. The molecule has 4 heteroatoms. The molecule has 0 radical (unpaired) electrons. The third-order valence-electron chi connectivity index (χ3n) is 19.9. The van der Waals surface area contributed by atoms with Crippen molar-refractivity contribution < 1.29 is 9.13 Å². The van der Waals surface area contributed by atoms with Crippen LogP contribution in [0.4, 0.5) is 0 Å². The van der Waals surface area contributed by atoms with Crippen molar-refractivity contribution in [2.24, 2.45) is 28.2 Å². The molecule has 10 aromatic rings. The van der Waals surface area contributed by atoms with Gasteiger partial charge in [-0.3, -0.25) is 0 Å². The second-order valence-corrected chi connectivity index (χ2v) is 26.7. The normalized spacial score (nSPS) is 12.4. The van der Waals surface area contributed by atoms with Gasteiger partial charge in [0.1, 0.15) is 0 Å². The van der Waals surface area contributed by atoms with E-state index in [1.165, 1.54) is 178 Å². The van der Waals surface area contributed by atoms with Crippen LogP contribution in [0.25, 0.3) is 89.1 Å². The van der Waals surface area contributed by atoms with E-state index in [4.69, 9.17) is 0 Å². The van der Waals surface area contributed by atoms with Crippen molar-refractivity contribution in [3.63, 3.8) is 0 Å². The number of nitrogens with zero attached hydrogens (tertiary/aromatic N) is 4. The Labute approximate surface area is 486 Å². The van der Waals surface area contributed by atoms with Gasteiger partial charge in [-0.15, -0.1) is 0 Å². The molecule has 0 bridgehead atoms. The first-order valence-electron chi connectivity index (χ1n) is 29.5. The van der Waals surface area contributed by atoms with Crippen LogP contribution >= 0.6 is 0 Å². The molecule has 4 nitrogen and oxygen atoms in total. The van der Waals surface area contributed by atoms with Gasteiger partial charge in [0, 0.05) is 5.41 Å². The second-order valence-electron chi connectivity index (χ2n) is 26.7. The van der Waals surface area contributed by atoms with E-state index in [1.54, 1.807) is 0 Å². The summed E-state index contributed by atoms with van der Waals surface area (Å²) in [6.07, 6.45) is 0. The molecule has 0 atom stereocenters. The van der Waals surface area contributed by atoms with Crippen LogP contribution in [0.1, 0.15) is 138 Å². The maximum absolute atomic E-state index is 2.47. The third kappa shape index (κ3) is 8.93. The Morgan fingerprint density at radius 2 is 0.654 bits per heavy atom. The highest BCUT2D eigenvalue weighted by atomic mass is 15.2. The number of aromatic nitrogens is 4. The summed E-state index contributed by atoms with van der Waals surface area (Å²) in [4.78, 5) is 0. The number of imidazole rings is 2. The molecule has 0 saturated carbocycles. The lowest BCUT2D eigenvalue weighted by molar-refractivity contribution is -0.658. The van der Waals surface area contributed by atoms with E-state index in [2.05, 4.69) is 294 Å². The average Bonchev–Trinajstić information content (AvgIpc) is 4.09. The highest BCUT2D eigenvalue weighted by molar-refractivity contribution is 5.89. The SMILES string of the molecule is Cc1cc(C)c(-c2ccc(-c3c(C)cc(C)c(C(C)(C)C(C)(C)c4n(C)c5cc(-c6ccc7c(c6)n(C)c(-c6c(C)cc(C)c(-c8ccc(-c9c(C)cc(C)c(C(C)(C)C)c9C)cc8)c6C)[n+]7C)ccc5[n+]4C)c3C)cc2)c(C)c1C. The predicted octanol–water partition coefficient (Wildman–Crippen LogP) is 18.9. The van der Waals surface area contributed by atoms with Crippen LogP contribution in [0.15, 0.2) is 109 Å². The summed E-state index contributed by atoms with van der Waals surface area (Å²) in [5.74, 6) is 2.50. The molecular weight excluding hydrogens is 981 g/mol. The molecular formula is C77H90N4+2. The van der Waals surface area contributed by atoms with Crippen LogP contribution in [0, 0.1) is 90.0 Å². The van der Waals surface area contributed by atoms with Crippen LogP contribution in [0.3, 0.4) is 0 Å². The summed E-state index contributed by atoms with van der Waals surface area (Å²) in [7, 11) is 9.01. The number of benzene rings is 8. The van der Waals surface area contributed by atoms with E-state index in [0.717, 1.165) is 0 Å². The average molecular weight is 1070 g/mol. The topological polar surface area (TPSA) is 17.6 Å². The van der Waals surface area contributed by atoms with Gasteiger partial charge in [0.25, 0.3) is 11.6 Å². The first-order valence-corrected chi connectivity index (χ1v) is 29.5. The van der Waals surface area contributed by atoms with Crippen molar-refractivity contribution in [1.29, 1.82) is 0 Å². The molecule has 0 aliphatic carbocycles. The zero-order valence-electron chi connectivity index (χ0n) is 53.7. The summed E-state index contributed by atoms with van der Waals surface area (Å²) in [5, 5.41) is 0. The van der Waals surface area contributed by atoms with Crippen molar-refractivity contribution in [2.75, 3.05) is 0 Å². The van der Waals surface area contributed by atoms with Gasteiger partial charge in [0.05, 0.1) is 39.2 Å². The van der Waals surface area contributed by atoms with E-state index < -0.39 is 0 Å². The third-order valence-corrected chi connectivity index (χ3v) is 19.9. The Kier molecular flexibility index (Phi) is 14.1. The van der Waals surface area contributed by atoms with Crippen LogP contribution in [-0.2, 0) is 44.4 Å². The minimum atomic E-state index is -0.279. The predicted molar refractivity (Wildman–Crippen MR) is 347 cm³/mol. The van der Waals surface area contributed by atoms with Crippen LogP contribution in [0.5, 0.6) is 0 Å². The number of aryl methyl sites for hydroxylation is 12. The van der Waals surface area contributed by atoms with Crippen LogP contribution < -0.4 is 9.13 Å². The van der Waals surface area contributed by atoms with E-state index in [9.17, 15) is 0 Å². The fourth-order valence-corrected chi connectivity index (χ4v) is 15.9. The fraction of sp³-hybridized carbons (Fsp3) is 0.351. The molecule has 0 fully saturated rings. The summed E-state index contributed by atoms with van der Waals surface area (Å²) < 4.78 is 9.73. The van der Waals surface area contributed by atoms with Crippen LogP contribution in [-0.4, -0.2) is 9.13 Å². The van der Waals surface area contributed by atoms with Gasteiger partial charge in [-0.05, 0) is 285 Å². The van der Waals surface area contributed by atoms with Gasteiger partial charge in [-0.2, -0.15) is 0 Å². The molecule has 2 aromatic heterocycles. The second kappa shape index (κ2) is 20.0. The van der Waals surface area contributed by atoms with Crippen molar-refractivity contribution in [2.45, 2.75) is 155 Å². The Hall–Kier alpha value is -7.30. The largest absolute Gasteiger partial charge is 0.289 e. The molecule has 416 valence electrons. The standard InChI is InChI=1S/C77H90N4/c1-43-37-44(2)66(52(10)51(43)9)56-25-29-59(30-26-56)69-47(5)40-50(8)72(55(69)13)76(17,18)77(19,20)74-80(23)63-36-34-61(42-65(63)81(74)24)60-33-35-62-64(41-60)79(22)73(78(62)21)70-48(6)38-45(3)67(53(70)11)57-27-31-58(32-28-57)68-46(4)39-49(7)71(54(68)12)75(14,15)16/h25-42H,1-24H3/q+2. The Balaban J connectivity index is 0.993. The van der Waals surface area contributed by atoms with E-state index in [0.29, 0.717) is 0 Å². The van der Waals surface area contributed by atoms with E-state index in [1.807, 2.05) is 0 Å². The van der Waals surface area contributed by atoms with E-state index in [-0.39, 0.29) is 16.2 Å². The van der Waals surface area contributed by atoms with Crippen LogP contribution in [0.2, 0.25) is 0 Å². The molecule has 0 saturated heterocycles. The molecule has 0 unspecified atom stereocenters. The molecule has 0 aliphatic heterocycles. The van der Waals surface area contributed by atoms with Crippen molar-refractivity contribution >= 4 is 22.1 Å². The molecule has 0 aliphatic rings. The smallest absolute Gasteiger partial charge is 0.229 e. The summed E-state index contributed by atoms with van der Waals surface area (Å²) in [6.45, 7) is 46.5. The highest BCUT2D eigenvalue weighted by Crippen LogP contribution is 2.49. The molecule has 8 aromatic carbocycles. The summed E-state index contributed by atoms with van der Waals surface area (Å²) in [6, 6.07) is 42.4. The minimum absolute atomic E-state index is 0.0722. The van der Waals surface area contributed by atoms with Gasteiger partial charge >= 0.3 is 0 Å². The maximum atomic E-state index is 2.47. The van der Waals surface area contributed by atoms with Gasteiger partial charge in [0.15, 0.2) is 22.1 Å². The Morgan fingerprint density at radius 1 is 0.309 bits per heavy atom. The molecule has 0 N–H and O–H groups in total. The summed E-state index contributed by atoms with van der Waals surface area (Å²) >= 11 is 0. The highest BCUT2D eigenvalue weighted by Gasteiger charge is 2.49. The lowest BCUT2D eigenvalue weighted by Crippen LogP contribution is -2.50. The Bertz CT molecular complexity index is 4230. The van der Waals surface area contributed by atoms with Crippen molar-refractivity contribution in [3.8, 4) is 67.0 Å². The molecule has 81 heavy (non-hydrogen) atoms. The lowest BCUT2D eigenvalue weighted by atomic mass is 9.61. The minimum Gasteiger partial charge on any atom is -0.229 e. The first-order chi connectivity index (χ1) is 37.9. The Morgan fingerprint density at radius 3 is 1.11 bits per heavy atom. The lowest BCUT2D eigenvalue weighted by Gasteiger charge is -2.42. The number of hydrogen-bond donors (Lipinski definition) is 0. The zero-order chi connectivity index (χ0) is 59.0. The molecule has 0 amide bonds. The number of hydrogen-bond acceptors (Lipinski definition) is 0. The van der Waals surface area contributed by atoms with Gasteiger partial charge in [0.2, 0.25) is 0 Å². The molecule has 0 spiro atoms. The molecule has 10 rings (SSSR count). The summed E-state index contributed by atoms with van der Waals surface area (Å²) in [5.41, 5.74) is 38.9. The quantitative estimate of drug-likeness (QED) is 0.128. The monoisotopic (exact) mass is 1070 g/mol. The van der Waals surface area contributed by atoms with Gasteiger partial charge in [-0.1, -0.05) is 107 Å². The zero-order valence-corrected chi connectivity index (χ0v) is 53.7. The first kappa shape index (κ1) is 57.0.